The van der Waals surface area contributed by atoms with E-state index in [1.165, 1.54) is 18.9 Å². The van der Waals surface area contributed by atoms with Crippen LogP contribution in [-0.2, 0) is 19.8 Å². The van der Waals surface area contributed by atoms with E-state index < -0.39 is 17.7 Å². The monoisotopic (exact) mass is 498 g/mol. The number of carbonyl (C=O) groups excluding carboxylic acids is 3. The molecule has 0 bridgehead atoms. The summed E-state index contributed by atoms with van der Waals surface area (Å²) in [5.41, 5.74) is 3.09. The molecule has 0 spiro atoms. The Balaban J connectivity index is 1.88. The predicted octanol–water partition coefficient (Wildman–Crippen LogP) is 5.58. The summed E-state index contributed by atoms with van der Waals surface area (Å²) in [4.78, 5) is 39.6. The molecule has 0 radical (unpaired) electrons. The summed E-state index contributed by atoms with van der Waals surface area (Å²) in [6.07, 6.45) is 0. The van der Waals surface area contributed by atoms with Gasteiger partial charge in [-0.3, -0.25) is 19.3 Å². The molecule has 1 atom stereocenters. The summed E-state index contributed by atoms with van der Waals surface area (Å²) >= 11 is 0. The van der Waals surface area contributed by atoms with Crippen LogP contribution in [0.1, 0.15) is 50.4 Å². The minimum Gasteiger partial charge on any atom is -0.507 e. The maximum Gasteiger partial charge on any atom is 0.300 e. The molecule has 1 aliphatic rings. The summed E-state index contributed by atoms with van der Waals surface area (Å²) < 4.78 is 5.28. The molecule has 2 N–H and O–H groups in total. The highest BCUT2D eigenvalue weighted by atomic mass is 16.5. The zero-order valence-electron chi connectivity index (χ0n) is 21.5. The second-order valence-electron chi connectivity index (χ2n) is 10.0. The van der Waals surface area contributed by atoms with Crippen molar-refractivity contribution in [1.82, 2.24) is 0 Å². The Hall–Kier alpha value is -4.39. The van der Waals surface area contributed by atoms with E-state index in [1.807, 2.05) is 24.3 Å². The number of methoxy groups -OCH3 is 1. The van der Waals surface area contributed by atoms with Crippen LogP contribution < -0.4 is 15.0 Å². The molecule has 2 amide bonds. The highest BCUT2D eigenvalue weighted by Crippen LogP contribution is 2.43. The second-order valence-corrected chi connectivity index (χ2v) is 10.0. The predicted molar refractivity (Wildman–Crippen MR) is 144 cm³/mol. The van der Waals surface area contributed by atoms with Crippen LogP contribution in [0.5, 0.6) is 5.75 Å². The lowest BCUT2D eigenvalue weighted by molar-refractivity contribution is -0.132. The number of hydrogen-bond acceptors (Lipinski definition) is 5. The van der Waals surface area contributed by atoms with Crippen molar-refractivity contribution in [2.45, 2.75) is 39.2 Å². The standard InChI is InChI=1S/C30H30N2O5/c1-18(33)31-22-13-15-23(16-14-22)32-26(19-9-11-21(12-10-19)30(2,3)4)25(28(35)29(32)36)27(34)20-7-6-8-24(17-20)37-5/h6-17,26,34H,1-5H3,(H,31,33)/b27-25-. The molecule has 7 heteroatoms. The molecular formula is C30H30N2O5. The van der Waals surface area contributed by atoms with Gasteiger partial charge in [0.15, 0.2) is 0 Å². The van der Waals surface area contributed by atoms with Gasteiger partial charge in [0.1, 0.15) is 11.5 Å². The second kappa shape index (κ2) is 9.93. The van der Waals surface area contributed by atoms with E-state index in [1.54, 1.807) is 48.5 Å². The van der Waals surface area contributed by atoms with Crippen molar-refractivity contribution >= 4 is 34.7 Å². The van der Waals surface area contributed by atoms with Gasteiger partial charge in [-0.2, -0.15) is 0 Å². The van der Waals surface area contributed by atoms with Crippen LogP contribution in [0.2, 0.25) is 0 Å². The van der Waals surface area contributed by atoms with E-state index in [0.29, 0.717) is 28.3 Å². The molecule has 37 heavy (non-hydrogen) atoms. The van der Waals surface area contributed by atoms with Gasteiger partial charge in [0.05, 0.1) is 18.7 Å². The zero-order chi connectivity index (χ0) is 26.9. The summed E-state index contributed by atoms with van der Waals surface area (Å²) in [7, 11) is 1.51. The number of amides is 2. The van der Waals surface area contributed by atoms with E-state index in [9.17, 15) is 19.5 Å². The molecular weight excluding hydrogens is 468 g/mol. The van der Waals surface area contributed by atoms with E-state index in [4.69, 9.17) is 4.74 Å². The van der Waals surface area contributed by atoms with Crippen molar-refractivity contribution in [3.63, 3.8) is 0 Å². The fourth-order valence-electron chi connectivity index (χ4n) is 4.41. The summed E-state index contributed by atoms with van der Waals surface area (Å²) in [5, 5.41) is 14.0. The van der Waals surface area contributed by atoms with Crippen molar-refractivity contribution in [3.8, 4) is 5.75 Å². The molecule has 1 heterocycles. The molecule has 1 aliphatic heterocycles. The molecule has 190 valence electrons. The number of ketones is 1. The number of nitrogens with zero attached hydrogens (tertiary/aromatic N) is 1. The lowest BCUT2D eigenvalue weighted by Gasteiger charge is -2.27. The number of nitrogens with one attached hydrogen (secondary N) is 1. The average molecular weight is 499 g/mol. The Morgan fingerprint density at radius 1 is 0.973 bits per heavy atom. The summed E-state index contributed by atoms with van der Waals surface area (Å²) in [5.74, 6) is -1.51. The van der Waals surface area contributed by atoms with E-state index >= 15 is 0 Å². The maximum atomic E-state index is 13.4. The molecule has 0 aliphatic carbocycles. The van der Waals surface area contributed by atoms with Crippen LogP contribution in [0.25, 0.3) is 5.76 Å². The van der Waals surface area contributed by atoms with Crippen molar-refractivity contribution in [2.24, 2.45) is 0 Å². The van der Waals surface area contributed by atoms with E-state index in [0.717, 1.165) is 5.56 Å². The number of ether oxygens (including phenoxy) is 1. The first-order chi connectivity index (χ1) is 17.5. The first-order valence-corrected chi connectivity index (χ1v) is 11.9. The smallest absolute Gasteiger partial charge is 0.300 e. The number of anilines is 2. The molecule has 1 unspecified atom stereocenters. The van der Waals surface area contributed by atoms with Crippen LogP contribution in [0.15, 0.2) is 78.4 Å². The van der Waals surface area contributed by atoms with E-state index in [2.05, 4.69) is 26.1 Å². The van der Waals surface area contributed by atoms with Gasteiger partial charge in [0.25, 0.3) is 11.7 Å². The van der Waals surface area contributed by atoms with Gasteiger partial charge >= 0.3 is 0 Å². The van der Waals surface area contributed by atoms with E-state index in [-0.39, 0.29) is 22.7 Å². The normalized spacial score (nSPS) is 17.1. The fraction of sp³-hybridized carbons (Fsp3) is 0.233. The minimum atomic E-state index is -0.855. The quantitative estimate of drug-likeness (QED) is 0.272. The number of carbonyl (C=O) groups is 3. The number of Topliss-reactive ketones (excluding diaryl/α,β-unsaturated/α-hetero) is 1. The maximum absolute atomic E-state index is 13.4. The average Bonchev–Trinajstić information content (AvgIpc) is 3.13. The van der Waals surface area contributed by atoms with Gasteiger partial charge < -0.3 is 15.2 Å². The Bertz CT molecular complexity index is 1380. The molecule has 0 saturated carbocycles. The van der Waals surface area contributed by atoms with Crippen LogP contribution in [0.4, 0.5) is 11.4 Å². The van der Waals surface area contributed by atoms with Crippen molar-refractivity contribution in [1.29, 1.82) is 0 Å². The van der Waals surface area contributed by atoms with Crippen LogP contribution in [0.3, 0.4) is 0 Å². The minimum absolute atomic E-state index is 0.00676. The van der Waals surface area contributed by atoms with Gasteiger partial charge in [0, 0.05) is 23.9 Å². The summed E-state index contributed by atoms with van der Waals surface area (Å²) in [6.45, 7) is 7.72. The van der Waals surface area contributed by atoms with Gasteiger partial charge in [0.2, 0.25) is 5.91 Å². The number of benzene rings is 3. The molecule has 1 fully saturated rings. The number of aliphatic hydroxyl groups is 1. The van der Waals surface area contributed by atoms with Crippen LogP contribution in [0, 0.1) is 0 Å². The van der Waals surface area contributed by atoms with Crippen molar-refractivity contribution in [2.75, 3.05) is 17.3 Å². The largest absolute Gasteiger partial charge is 0.507 e. The highest BCUT2D eigenvalue weighted by Gasteiger charge is 2.47. The van der Waals surface area contributed by atoms with Gasteiger partial charge in [-0.1, -0.05) is 57.2 Å². The molecule has 3 aromatic rings. The third-order valence-corrected chi connectivity index (χ3v) is 6.35. The Kier molecular flexibility index (Phi) is 6.90. The number of aliphatic hydroxyl groups excluding tert-OH is 1. The van der Waals surface area contributed by atoms with Crippen LogP contribution >= 0.6 is 0 Å². The Labute approximate surface area is 216 Å². The molecule has 1 saturated heterocycles. The number of rotatable bonds is 5. The zero-order valence-corrected chi connectivity index (χ0v) is 21.5. The Morgan fingerprint density at radius 3 is 2.19 bits per heavy atom. The van der Waals surface area contributed by atoms with Crippen molar-refractivity contribution in [3.05, 3.63) is 95.1 Å². The highest BCUT2D eigenvalue weighted by molar-refractivity contribution is 6.51. The van der Waals surface area contributed by atoms with Gasteiger partial charge in [-0.15, -0.1) is 0 Å². The topological polar surface area (TPSA) is 95.9 Å². The van der Waals surface area contributed by atoms with Gasteiger partial charge in [-0.05, 0) is 52.9 Å². The SMILES string of the molecule is COc1cccc(/C(O)=C2/C(=O)C(=O)N(c3ccc(NC(C)=O)cc3)C2c2ccc(C(C)(C)C)cc2)c1. The molecule has 7 nitrogen and oxygen atoms in total. The summed E-state index contributed by atoms with van der Waals surface area (Å²) in [6, 6.07) is 20.2. The first kappa shape index (κ1) is 25.7. The molecule has 0 aromatic heterocycles. The fourth-order valence-corrected chi connectivity index (χ4v) is 4.41. The third-order valence-electron chi connectivity index (χ3n) is 6.35. The lowest BCUT2D eigenvalue weighted by atomic mass is 9.85. The first-order valence-electron chi connectivity index (χ1n) is 11.9. The van der Waals surface area contributed by atoms with Crippen molar-refractivity contribution < 1.29 is 24.2 Å². The molecule has 4 rings (SSSR count). The van der Waals surface area contributed by atoms with Gasteiger partial charge in [-0.25, -0.2) is 0 Å². The van der Waals surface area contributed by atoms with Crippen LogP contribution in [-0.4, -0.2) is 29.8 Å². The molecule has 3 aromatic carbocycles. The lowest BCUT2D eigenvalue weighted by Crippen LogP contribution is -2.29. The Morgan fingerprint density at radius 2 is 1.62 bits per heavy atom. The number of hydrogen-bond donors (Lipinski definition) is 2. The third kappa shape index (κ3) is 5.11.